The van der Waals surface area contributed by atoms with Gasteiger partial charge in [-0.1, -0.05) is 6.07 Å². The molecule has 184 valence electrons. The highest BCUT2D eigenvalue weighted by Gasteiger charge is 2.32. The van der Waals surface area contributed by atoms with Gasteiger partial charge in [0, 0.05) is 35.7 Å². The molecule has 10 nitrogen and oxygen atoms in total. The Hall–Kier alpha value is -4.81. The van der Waals surface area contributed by atoms with Crippen LogP contribution in [0.15, 0.2) is 61.1 Å². The van der Waals surface area contributed by atoms with Crippen molar-refractivity contribution in [2.24, 2.45) is 0 Å². The lowest BCUT2D eigenvalue weighted by molar-refractivity contribution is -0.141. The highest BCUT2D eigenvalue weighted by molar-refractivity contribution is 6.00. The number of nitrogens with zero attached hydrogens (tertiary/aromatic N) is 5. The zero-order valence-corrected chi connectivity index (χ0v) is 18.5. The van der Waals surface area contributed by atoms with E-state index in [0.29, 0.717) is 22.8 Å². The SMILES string of the molecule is [2H]C([2H])([2H])NC(=O)c1cnc(Nc2ccc(C(F)(F)F)nn2)cc1Nc1cccc(-c2ncccn2)c1OC. The molecular weight excluding hydrogens is 477 g/mol. The minimum absolute atomic E-state index is 0.0538. The number of para-hydroxylation sites is 1. The van der Waals surface area contributed by atoms with Crippen molar-refractivity contribution in [3.05, 3.63) is 72.3 Å². The number of amides is 1. The molecule has 1 amide bonds. The zero-order valence-electron chi connectivity index (χ0n) is 21.5. The molecule has 0 atom stereocenters. The number of anilines is 4. The Balaban J connectivity index is 1.72. The van der Waals surface area contributed by atoms with Crippen molar-refractivity contribution >= 4 is 28.9 Å². The quantitative estimate of drug-likeness (QED) is 0.343. The Bertz CT molecular complexity index is 1470. The van der Waals surface area contributed by atoms with Crippen LogP contribution in [0.1, 0.15) is 20.2 Å². The fourth-order valence-corrected chi connectivity index (χ4v) is 3.17. The van der Waals surface area contributed by atoms with Gasteiger partial charge >= 0.3 is 6.18 Å². The normalized spacial score (nSPS) is 12.6. The number of carbonyl (C=O) groups excluding carboxylic acids is 1. The summed E-state index contributed by atoms with van der Waals surface area (Å²) in [7, 11) is 1.43. The third-order valence-electron chi connectivity index (χ3n) is 4.77. The van der Waals surface area contributed by atoms with Crippen molar-refractivity contribution in [1.82, 2.24) is 30.5 Å². The van der Waals surface area contributed by atoms with E-state index in [-0.39, 0.29) is 22.9 Å². The Morgan fingerprint density at radius 2 is 1.78 bits per heavy atom. The molecule has 0 fully saturated rings. The molecule has 0 unspecified atom stereocenters. The number of halogens is 3. The molecule has 4 rings (SSSR count). The number of methoxy groups -OCH3 is 1. The third-order valence-corrected chi connectivity index (χ3v) is 4.77. The van der Waals surface area contributed by atoms with E-state index in [4.69, 9.17) is 8.85 Å². The maximum absolute atomic E-state index is 12.8. The smallest absolute Gasteiger partial charge is 0.435 e. The molecule has 3 N–H and O–H groups in total. The summed E-state index contributed by atoms with van der Waals surface area (Å²) in [5.74, 6) is -0.241. The van der Waals surface area contributed by atoms with Gasteiger partial charge < -0.3 is 20.7 Å². The maximum Gasteiger partial charge on any atom is 0.435 e. The van der Waals surface area contributed by atoms with Gasteiger partial charge in [-0.2, -0.15) is 13.2 Å². The molecule has 0 aliphatic carbocycles. The number of carbonyl (C=O) groups is 1. The second-order valence-electron chi connectivity index (χ2n) is 7.08. The summed E-state index contributed by atoms with van der Waals surface area (Å²) in [6.07, 6.45) is -0.439. The largest absolute Gasteiger partial charge is 0.494 e. The average Bonchev–Trinajstić information content (AvgIpc) is 2.88. The van der Waals surface area contributed by atoms with E-state index in [2.05, 4.69) is 35.8 Å². The molecule has 3 aromatic heterocycles. The Labute approximate surface area is 207 Å². The van der Waals surface area contributed by atoms with Gasteiger partial charge in [-0.15, -0.1) is 10.2 Å². The number of alkyl halides is 3. The fraction of sp³-hybridized carbons (Fsp3) is 0.130. The lowest BCUT2D eigenvalue weighted by Gasteiger charge is -2.17. The van der Waals surface area contributed by atoms with Crippen molar-refractivity contribution < 1.29 is 26.8 Å². The summed E-state index contributed by atoms with van der Waals surface area (Å²) in [4.78, 5) is 25.3. The van der Waals surface area contributed by atoms with Gasteiger partial charge in [-0.25, -0.2) is 15.0 Å². The first-order valence-electron chi connectivity index (χ1n) is 11.7. The lowest BCUT2D eigenvalue weighted by atomic mass is 10.1. The summed E-state index contributed by atoms with van der Waals surface area (Å²) < 4.78 is 66.1. The summed E-state index contributed by atoms with van der Waals surface area (Å²) in [5.41, 5.74) is -0.313. The molecule has 0 radical (unpaired) electrons. The van der Waals surface area contributed by atoms with Crippen molar-refractivity contribution in [2.75, 3.05) is 24.7 Å². The first-order valence-corrected chi connectivity index (χ1v) is 10.2. The number of benzene rings is 1. The Kier molecular flexibility index (Phi) is 5.83. The van der Waals surface area contributed by atoms with Gasteiger partial charge in [0.2, 0.25) is 0 Å². The molecule has 3 heterocycles. The fourth-order valence-electron chi connectivity index (χ4n) is 3.17. The number of rotatable bonds is 7. The van der Waals surface area contributed by atoms with E-state index in [1.54, 1.807) is 36.7 Å². The van der Waals surface area contributed by atoms with E-state index >= 15 is 0 Å². The molecule has 4 aromatic rings. The number of aromatic nitrogens is 5. The topological polar surface area (TPSA) is 127 Å². The first-order chi connectivity index (χ1) is 18.4. The van der Waals surface area contributed by atoms with Crippen molar-refractivity contribution in [3.8, 4) is 17.1 Å². The maximum atomic E-state index is 12.8. The van der Waals surface area contributed by atoms with Gasteiger partial charge in [0.1, 0.15) is 5.82 Å². The monoisotopic (exact) mass is 499 g/mol. The zero-order chi connectivity index (χ0) is 28.2. The number of hydrogen-bond donors (Lipinski definition) is 3. The van der Waals surface area contributed by atoms with Crippen LogP contribution in [-0.2, 0) is 6.18 Å². The second kappa shape index (κ2) is 10.2. The summed E-state index contributed by atoms with van der Waals surface area (Å²) >= 11 is 0. The van der Waals surface area contributed by atoms with Gasteiger partial charge in [0.05, 0.1) is 29.6 Å². The molecule has 36 heavy (non-hydrogen) atoms. The first kappa shape index (κ1) is 20.6. The van der Waals surface area contributed by atoms with Gasteiger partial charge in [0.25, 0.3) is 5.91 Å². The molecule has 0 spiro atoms. The van der Waals surface area contributed by atoms with E-state index in [1.807, 2.05) is 5.32 Å². The predicted molar refractivity (Wildman–Crippen MR) is 125 cm³/mol. The predicted octanol–water partition coefficient (Wildman–Crippen LogP) is 4.20. The molecule has 0 bridgehead atoms. The van der Waals surface area contributed by atoms with E-state index in [9.17, 15) is 18.0 Å². The molecule has 0 saturated carbocycles. The number of hydrogen-bond acceptors (Lipinski definition) is 9. The summed E-state index contributed by atoms with van der Waals surface area (Å²) in [5, 5.41) is 14.3. The van der Waals surface area contributed by atoms with Crippen LogP contribution >= 0.6 is 0 Å². The molecule has 1 aromatic carbocycles. The van der Waals surface area contributed by atoms with Gasteiger partial charge in [-0.05, 0) is 30.3 Å². The second-order valence-corrected chi connectivity index (χ2v) is 7.08. The van der Waals surface area contributed by atoms with Crippen molar-refractivity contribution in [1.29, 1.82) is 0 Å². The highest BCUT2D eigenvalue weighted by Crippen LogP contribution is 2.37. The Morgan fingerprint density at radius 3 is 2.44 bits per heavy atom. The average molecular weight is 499 g/mol. The van der Waals surface area contributed by atoms with Crippen LogP contribution < -0.4 is 20.7 Å². The molecule has 0 saturated heterocycles. The Morgan fingerprint density at radius 1 is 0.972 bits per heavy atom. The molecule has 0 aliphatic rings. The van der Waals surface area contributed by atoms with E-state index < -0.39 is 24.8 Å². The van der Waals surface area contributed by atoms with Crippen LogP contribution in [0.25, 0.3) is 11.4 Å². The van der Waals surface area contributed by atoms with Crippen LogP contribution in [0.2, 0.25) is 0 Å². The van der Waals surface area contributed by atoms with Crippen molar-refractivity contribution in [3.63, 3.8) is 0 Å². The summed E-state index contributed by atoms with van der Waals surface area (Å²) in [6.45, 7) is -2.77. The summed E-state index contributed by atoms with van der Waals surface area (Å²) in [6, 6.07) is 9.87. The van der Waals surface area contributed by atoms with E-state index in [1.165, 1.54) is 13.2 Å². The van der Waals surface area contributed by atoms with Gasteiger partial charge in [0.15, 0.2) is 23.1 Å². The van der Waals surface area contributed by atoms with Crippen LogP contribution in [0, 0.1) is 0 Å². The van der Waals surface area contributed by atoms with Crippen LogP contribution in [0.3, 0.4) is 0 Å². The highest BCUT2D eigenvalue weighted by atomic mass is 19.4. The molecule has 13 heteroatoms. The number of ether oxygens (including phenoxy) is 1. The van der Waals surface area contributed by atoms with Gasteiger partial charge in [-0.3, -0.25) is 4.79 Å². The minimum atomic E-state index is -4.66. The van der Waals surface area contributed by atoms with Crippen LogP contribution in [0.4, 0.5) is 36.2 Å². The minimum Gasteiger partial charge on any atom is -0.494 e. The number of nitrogens with one attached hydrogen (secondary N) is 3. The lowest BCUT2D eigenvalue weighted by Crippen LogP contribution is -2.19. The number of pyridine rings is 1. The third kappa shape index (κ3) is 5.29. The van der Waals surface area contributed by atoms with Crippen molar-refractivity contribution in [2.45, 2.75) is 6.18 Å². The van der Waals surface area contributed by atoms with E-state index in [0.717, 1.165) is 18.3 Å². The van der Waals surface area contributed by atoms with Crippen LogP contribution in [0.5, 0.6) is 5.75 Å². The molecular formula is C23H19F3N8O2. The van der Waals surface area contributed by atoms with Crippen LogP contribution in [-0.4, -0.2) is 45.1 Å². The standard InChI is InChI=1S/C23H19F3N8O2/c1-27-22(35)14-12-30-19(32-18-8-7-17(33-34-18)23(24,25)26)11-16(14)31-15-6-3-5-13(20(15)36-2)21-28-9-4-10-29-21/h3-12H,1-2H3,(H,27,35)(H2,30,31,32,34)/i1D3. The molecule has 0 aliphatic heterocycles.